The molecule has 0 aliphatic rings. The molecule has 0 fully saturated rings. The molecule has 6 heteroatoms. The second-order valence-corrected chi connectivity index (χ2v) is 5.33. The van der Waals surface area contributed by atoms with Crippen LogP contribution in [0.3, 0.4) is 0 Å². The summed E-state index contributed by atoms with van der Waals surface area (Å²) in [5.74, 6) is 2.81. The number of para-hydroxylation sites is 1. The lowest BCUT2D eigenvalue weighted by molar-refractivity contribution is -0.120. The van der Waals surface area contributed by atoms with Crippen LogP contribution in [0.1, 0.15) is 16.3 Å². The molecule has 2 rings (SSSR count). The molecule has 1 aromatic carbocycles. The second-order valence-electron chi connectivity index (χ2n) is 4.38. The van der Waals surface area contributed by atoms with Gasteiger partial charge in [-0.2, -0.15) is 5.10 Å². The first kappa shape index (κ1) is 15.7. The molecule has 0 spiro atoms. The van der Waals surface area contributed by atoms with Crippen LogP contribution in [-0.4, -0.2) is 23.7 Å². The van der Waals surface area contributed by atoms with Gasteiger partial charge in [-0.15, -0.1) is 17.8 Å². The van der Waals surface area contributed by atoms with E-state index in [9.17, 15) is 4.79 Å². The first-order chi connectivity index (χ1) is 10.7. The standard InChI is InChI=1S/C16H15N3O2S/c1-3-8-21-14-7-5-4-6-13(14)10-17-19-15(20)9-16-18-12(2)11-22-16/h1,4-7,10-11H,8-9H2,2H3,(H,19,20)/b17-10-. The van der Waals surface area contributed by atoms with Crippen molar-refractivity contribution >= 4 is 23.5 Å². The molecule has 0 atom stereocenters. The lowest BCUT2D eigenvalue weighted by Gasteiger charge is -2.05. The van der Waals surface area contributed by atoms with E-state index in [1.165, 1.54) is 17.6 Å². The van der Waals surface area contributed by atoms with E-state index in [0.29, 0.717) is 5.75 Å². The predicted octanol–water partition coefficient (Wildman–Crippen LogP) is 2.16. The van der Waals surface area contributed by atoms with Crippen LogP contribution in [0.25, 0.3) is 0 Å². The Labute approximate surface area is 133 Å². The monoisotopic (exact) mass is 313 g/mol. The van der Waals surface area contributed by atoms with Crippen LogP contribution in [0.15, 0.2) is 34.7 Å². The number of carbonyl (C=O) groups is 1. The summed E-state index contributed by atoms with van der Waals surface area (Å²) in [4.78, 5) is 16.0. The Kier molecular flexibility index (Phi) is 5.69. The van der Waals surface area contributed by atoms with Gasteiger partial charge in [0.15, 0.2) is 0 Å². The fraction of sp³-hybridized carbons (Fsp3) is 0.188. The highest BCUT2D eigenvalue weighted by Crippen LogP contribution is 2.15. The fourth-order valence-electron chi connectivity index (χ4n) is 1.67. The van der Waals surface area contributed by atoms with Crippen LogP contribution in [0.2, 0.25) is 0 Å². The van der Waals surface area contributed by atoms with E-state index in [4.69, 9.17) is 11.2 Å². The quantitative estimate of drug-likeness (QED) is 0.505. The Morgan fingerprint density at radius 1 is 1.55 bits per heavy atom. The molecule has 0 aliphatic heterocycles. The van der Waals surface area contributed by atoms with Crippen molar-refractivity contribution < 1.29 is 9.53 Å². The van der Waals surface area contributed by atoms with Gasteiger partial charge in [0.1, 0.15) is 17.4 Å². The van der Waals surface area contributed by atoms with E-state index in [2.05, 4.69) is 21.4 Å². The summed E-state index contributed by atoms with van der Waals surface area (Å²) in [5, 5.41) is 6.61. The Hall–Kier alpha value is -2.65. The third-order valence-corrected chi connectivity index (χ3v) is 3.57. The van der Waals surface area contributed by atoms with Crippen molar-refractivity contribution in [2.45, 2.75) is 13.3 Å². The SMILES string of the molecule is C#CCOc1ccccc1/C=N\NC(=O)Cc1nc(C)cs1. The van der Waals surface area contributed by atoms with Crippen LogP contribution in [0, 0.1) is 19.3 Å². The molecule has 112 valence electrons. The van der Waals surface area contributed by atoms with Gasteiger partial charge in [-0.05, 0) is 19.1 Å². The normalized spacial score (nSPS) is 10.4. The summed E-state index contributed by atoms with van der Waals surface area (Å²) < 4.78 is 5.39. The number of rotatable bonds is 6. The molecule has 0 saturated heterocycles. The number of hydrogen-bond acceptors (Lipinski definition) is 5. The number of nitrogens with one attached hydrogen (secondary N) is 1. The van der Waals surface area contributed by atoms with Crippen molar-refractivity contribution in [3.8, 4) is 18.1 Å². The molecule has 1 amide bonds. The molecule has 0 aliphatic carbocycles. The number of nitrogens with zero attached hydrogens (tertiary/aromatic N) is 2. The molecule has 1 N–H and O–H groups in total. The number of hydrazone groups is 1. The number of hydrogen-bond donors (Lipinski definition) is 1. The average molecular weight is 313 g/mol. The lowest BCUT2D eigenvalue weighted by atomic mass is 10.2. The van der Waals surface area contributed by atoms with Crippen LogP contribution in [0.5, 0.6) is 5.75 Å². The van der Waals surface area contributed by atoms with Crippen LogP contribution in [0.4, 0.5) is 0 Å². The number of ether oxygens (including phenoxy) is 1. The average Bonchev–Trinajstić information content (AvgIpc) is 2.91. The smallest absolute Gasteiger partial charge is 0.246 e. The van der Waals surface area contributed by atoms with Gasteiger partial charge < -0.3 is 4.74 Å². The highest BCUT2D eigenvalue weighted by molar-refractivity contribution is 7.09. The van der Waals surface area contributed by atoms with Crippen LogP contribution < -0.4 is 10.2 Å². The highest BCUT2D eigenvalue weighted by atomic mass is 32.1. The molecule has 22 heavy (non-hydrogen) atoms. The molecule has 0 radical (unpaired) electrons. The Morgan fingerprint density at radius 3 is 3.09 bits per heavy atom. The summed E-state index contributed by atoms with van der Waals surface area (Å²) in [5.41, 5.74) is 4.13. The van der Waals surface area contributed by atoms with Crippen molar-refractivity contribution in [2.75, 3.05) is 6.61 Å². The number of terminal acetylenes is 1. The molecule has 1 aromatic heterocycles. The van der Waals surface area contributed by atoms with Crippen molar-refractivity contribution in [3.05, 3.63) is 45.9 Å². The first-order valence-corrected chi connectivity index (χ1v) is 7.45. The molecule has 0 saturated carbocycles. The van der Waals surface area contributed by atoms with Gasteiger partial charge in [0.05, 0.1) is 12.6 Å². The summed E-state index contributed by atoms with van der Waals surface area (Å²) in [6.07, 6.45) is 6.91. The summed E-state index contributed by atoms with van der Waals surface area (Å²) in [7, 11) is 0. The number of carbonyl (C=O) groups excluding carboxylic acids is 1. The number of amides is 1. The van der Waals surface area contributed by atoms with Gasteiger partial charge in [-0.3, -0.25) is 4.79 Å². The second kappa shape index (κ2) is 7.96. The minimum atomic E-state index is -0.215. The molecule has 1 heterocycles. The molecule has 0 bridgehead atoms. The number of thiazole rings is 1. The highest BCUT2D eigenvalue weighted by Gasteiger charge is 2.05. The Balaban J connectivity index is 1.92. The first-order valence-electron chi connectivity index (χ1n) is 6.57. The third-order valence-electron chi connectivity index (χ3n) is 2.60. The maximum atomic E-state index is 11.8. The number of aromatic nitrogens is 1. The van der Waals surface area contributed by atoms with E-state index in [1.54, 1.807) is 6.07 Å². The van der Waals surface area contributed by atoms with Crippen LogP contribution in [-0.2, 0) is 11.2 Å². The molecule has 0 unspecified atom stereocenters. The molecule has 5 nitrogen and oxygen atoms in total. The molecular weight excluding hydrogens is 298 g/mol. The molecule has 2 aromatic rings. The Morgan fingerprint density at radius 2 is 2.36 bits per heavy atom. The topological polar surface area (TPSA) is 63.6 Å². The summed E-state index contributed by atoms with van der Waals surface area (Å²) in [6.45, 7) is 2.07. The maximum Gasteiger partial charge on any atom is 0.246 e. The van der Waals surface area contributed by atoms with Crippen molar-refractivity contribution in [1.29, 1.82) is 0 Å². The van der Waals surface area contributed by atoms with Gasteiger partial charge in [0, 0.05) is 16.6 Å². The predicted molar refractivity (Wildman–Crippen MR) is 87.1 cm³/mol. The van der Waals surface area contributed by atoms with Gasteiger partial charge >= 0.3 is 0 Å². The van der Waals surface area contributed by atoms with E-state index >= 15 is 0 Å². The summed E-state index contributed by atoms with van der Waals surface area (Å²) >= 11 is 1.46. The van der Waals surface area contributed by atoms with E-state index in [-0.39, 0.29) is 18.9 Å². The Bertz CT molecular complexity index is 716. The molecular formula is C16H15N3O2S. The zero-order chi connectivity index (χ0) is 15.8. The maximum absolute atomic E-state index is 11.8. The third kappa shape index (κ3) is 4.72. The minimum absolute atomic E-state index is 0.181. The summed E-state index contributed by atoms with van der Waals surface area (Å²) in [6, 6.07) is 7.31. The zero-order valence-electron chi connectivity index (χ0n) is 12.1. The van der Waals surface area contributed by atoms with Crippen LogP contribution >= 0.6 is 11.3 Å². The zero-order valence-corrected chi connectivity index (χ0v) is 12.9. The van der Waals surface area contributed by atoms with Crippen molar-refractivity contribution in [3.63, 3.8) is 0 Å². The largest absolute Gasteiger partial charge is 0.480 e. The van der Waals surface area contributed by atoms with Crippen molar-refractivity contribution in [1.82, 2.24) is 10.4 Å². The van der Waals surface area contributed by atoms with E-state index in [0.717, 1.165) is 16.3 Å². The number of benzene rings is 1. The number of aryl methyl sites for hydroxylation is 1. The van der Waals surface area contributed by atoms with Gasteiger partial charge in [0.25, 0.3) is 0 Å². The van der Waals surface area contributed by atoms with Crippen molar-refractivity contribution in [2.24, 2.45) is 5.10 Å². The minimum Gasteiger partial charge on any atom is -0.480 e. The van der Waals surface area contributed by atoms with E-state index < -0.39 is 0 Å². The van der Waals surface area contributed by atoms with Gasteiger partial charge in [-0.1, -0.05) is 18.1 Å². The van der Waals surface area contributed by atoms with Gasteiger partial charge in [0.2, 0.25) is 5.91 Å². The fourth-order valence-corrected chi connectivity index (χ4v) is 2.44. The van der Waals surface area contributed by atoms with Gasteiger partial charge in [-0.25, -0.2) is 10.4 Å². The lowest BCUT2D eigenvalue weighted by Crippen LogP contribution is -2.19. The van der Waals surface area contributed by atoms with E-state index in [1.807, 2.05) is 30.5 Å².